The van der Waals surface area contributed by atoms with Gasteiger partial charge in [-0.15, -0.1) is 11.6 Å². The first-order valence-electron chi connectivity index (χ1n) is 33.4. The van der Waals surface area contributed by atoms with Crippen LogP contribution in [0.5, 0.6) is 0 Å². The molecule has 0 bridgehead atoms. The van der Waals surface area contributed by atoms with Gasteiger partial charge in [0.05, 0.1) is 78.3 Å². The highest BCUT2D eigenvalue weighted by Crippen LogP contribution is 2.25. The molecule has 7 rings (SSSR count). The highest BCUT2D eigenvalue weighted by molar-refractivity contribution is 9.09. The topological polar surface area (TPSA) is 374 Å². The number of halogens is 4. The van der Waals surface area contributed by atoms with Crippen molar-refractivity contribution >= 4 is 167 Å². The smallest absolute Gasteiger partial charge is 0.255 e. The molecule has 3 saturated carbocycles. The number of nitrogens with one attached hydrogen (secondary N) is 8. The molecule has 0 aromatic heterocycles. The summed E-state index contributed by atoms with van der Waals surface area (Å²) in [5.41, 5.74) is 1.81. The Bertz CT molecular complexity index is 3290. The Morgan fingerprint density at radius 3 is 1.32 bits per heavy atom. The first-order valence-corrected chi connectivity index (χ1v) is 36.2. The Morgan fingerprint density at radius 1 is 0.535 bits per heavy atom. The van der Waals surface area contributed by atoms with Crippen LogP contribution in [0.1, 0.15) is 182 Å². The number of aliphatic imine (C=N–C) groups is 1. The van der Waals surface area contributed by atoms with Gasteiger partial charge in [-0.05, 0) is 106 Å². The molecule has 0 spiro atoms. The van der Waals surface area contributed by atoms with Crippen molar-refractivity contribution < 1.29 is 76.7 Å². The highest BCUT2D eigenvalue weighted by Gasteiger charge is 2.29. The van der Waals surface area contributed by atoms with Crippen LogP contribution in [0, 0.1) is 0 Å². The molecule has 4 fully saturated rings. The Hall–Kier alpha value is -8.20. The number of nitrogens with zero attached hydrogens (tertiary/aromatic N) is 1. The van der Waals surface area contributed by atoms with Crippen LogP contribution in [-0.2, 0) is 67.1 Å². The zero-order valence-electron chi connectivity index (χ0n) is 56.6. The molecule has 101 heavy (non-hydrogen) atoms. The molecule has 0 unspecified atom stereocenters. The molecule has 1 aliphatic heterocycles. The molecule has 4 aliphatic rings. The summed E-state index contributed by atoms with van der Waals surface area (Å²) in [6, 6.07) is 18.8. The molecule has 8 N–H and O–H groups in total. The predicted octanol–water partition coefficient (Wildman–Crippen LogP) is 9.30. The summed E-state index contributed by atoms with van der Waals surface area (Å²) in [5.74, 6) is -2.98. The number of Topliss-reactive ketones (excluding diaryl/α,β-unsaturated/α-hetero) is 7. The number of rotatable bonds is 34. The Morgan fingerprint density at radius 2 is 0.941 bits per heavy atom. The Balaban J connectivity index is 0.000000332. The number of thiocarbonyl (C=S) groups is 1. The summed E-state index contributed by atoms with van der Waals surface area (Å²) in [7, 11) is 0. The van der Waals surface area contributed by atoms with Crippen LogP contribution in [0.25, 0.3) is 0 Å². The van der Waals surface area contributed by atoms with Crippen LogP contribution < -0.4 is 42.5 Å². The van der Waals surface area contributed by atoms with Gasteiger partial charge in [0.2, 0.25) is 35.4 Å². The lowest BCUT2D eigenvalue weighted by Gasteiger charge is -2.12. The number of carbonyl (C=O) groups excluding carboxylic acids is 15. The number of hydrogen-bond acceptors (Lipinski definition) is 18. The van der Waals surface area contributed by atoms with Gasteiger partial charge in [-0.2, -0.15) is 0 Å². The number of anilines is 2. The van der Waals surface area contributed by atoms with Crippen LogP contribution in [-0.4, -0.2) is 155 Å². The number of ether oxygens (including phenoxy) is 1. The average molecular weight is 1540 g/mol. The van der Waals surface area contributed by atoms with E-state index in [-0.39, 0.29) is 145 Å². The quantitative estimate of drug-likeness (QED) is 0.00907. The van der Waals surface area contributed by atoms with Gasteiger partial charge in [-0.3, -0.25) is 71.9 Å². The lowest BCUT2D eigenvalue weighted by atomic mass is 10.1. The third-order valence-electron chi connectivity index (χ3n) is 15.4. The largest absolute Gasteiger partial charge is 0.496 e. The van der Waals surface area contributed by atoms with Crippen molar-refractivity contribution in [1.82, 2.24) is 31.9 Å². The number of ketones is 7. The summed E-state index contributed by atoms with van der Waals surface area (Å²) < 4.78 is 5.20. The summed E-state index contributed by atoms with van der Waals surface area (Å²) in [4.78, 5) is 176. The lowest BCUT2D eigenvalue weighted by Crippen LogP contribution is -2.38. The maximum atomic E-state index is 12.4. The minimum Gasteiger partial charge on any atom is -0.496 e. The third kappa shape index (κ3) is 37.9. The number of hydrogen-bond donors (Lipinski definition) is 8. The molecule has 3 aromatic rings. The standard InChI is InChI=1S/C20H14Cl2N2O2.C17H29NO3.C12H17BrN2O4.C12H17ClN2O4.C10H12N2O3S/c21-15-7-3-5-13(11-15)19(25)23-17-9-1-2-10-18(17)24-20(26)14-6-4-8-16(22)12-14;1-3-4-5-6-7-8-9-10-15(19)13-17(20)18-16-11-12-21-14(16)2;2*13-7-12(19)14-5-4-8(16)6-11(18)15-9-2-1-3-10(9)17;13-7(5-11-6-16)4-10(15)12-8-2-1-3-9(8)14/h1-12H,(H,23,25)(H,24,26);16H,2-13H2,1H3,(H,18,20);2*9H,1-7H2,(H,14,19)(H,15,18);8H,1-5H2,(H,12,15)/t;16-;2*9-;8-/m.0000/s1. The molecule has 25 nitrogen and oxygen atoms in total. The van der Waals surface area contributed by atoms with Gasteiger partial charge in [0, 0.05) is 79.2 Å². The molecular weight excluding hydrogens is 1450 g/mol. The minimum absolute atomic E-state index is 0.0143. The molecule has 4 atom stereocenters. The maximum absolute atomic E-state index is 12.4. The van der Waals surface area contributed by atoms with E-state index in [4.69, 9.17) is 39.5 Å². The van der Waals surface area contributed by atoms with Gasteiger partial charge in [0.25, 0.3) is 11.8 Å². The van der Waals surface area contributed by atoms with E-state index in [1.165, 1.54) is 32.1 Å². The fourth-order valence-electron chi connectivity index (χ4n) is 10.2. The second-order valence-electron chi connectivity index (χ2n) is 23.7. The first kappa shape index (κ1) is 87.0. The molecule has 1 heterocycles. The van der Waals surface area contributed by atoms with Crippen molar-refractivity contribution in [3.63, 3.8) is 0 Å². The van der Waals surface area contributed by atoms with E-state index in [0.717, 1.165) is 38.5 Å². The molecule has 3 aliphatic carbocycles. The monoisotopic (exact) mass is 1540 g/mol. The predicted molar refractivity (Wildman–Crippen MR) is 390 cm³/mol. The second kappa shape index (κ2) is 50.2. The number of alkyl halides is 2. The van der Waals surface area contributed by atoms with Crippen molar-refractivity contribution in [1.29, 1.82) is 0 Å². The van der Waals surface area contributed by atoms with Crippen molar-refractivity contribution in [3.8, 4) is 0 Å². The van der Waals surface area contributed by atoms with E-state index in [9.17, 15) is 71.9 Å². The summed E-state index contributed by atoms with van der Waals surface area (Å²) in [6.07, 6.45) is 14.8. The first-order chi connectivity index (χ1) is 48.3. The van der Waals surface area contributed by atoms with Crippen molar-refractivity contribution in [2.45, 2.75) is 185 Å². The van der Waals surface area contributed by atoms with E-state index in [0.29, 0.717) is 89.9 Å². The van der Waals surface area contributed by atoms with Crippen molar-refractivity contribution in [2.24, 2.45) is 4.99 Å². The molecule has 8 amide bonds. The van der Waals surface area contributed by atoms with Gasteiger partial charge < -0.3 is 47.3 Å². The van der Waals surface area contributed by atoms with Gasteiger partial charge in [0.15, 0.2) is 23.1 Å². The zero-order chi connectivity index (χ0) is 74.5. The lowest BCUT2D eigenvalue weighted by molar-refractivity contribution is -0.131. The third-order valence-corrected chi connectivity index (χ3v) is 16.8. The fraction of sp³-hybridized carbons (Fsp3) is 0.493. The van der Waals surface area contributed by atoms with Crippen LogP contribution >= 0.6 is 63.0 Å². The number of carbonyl (C=O) groups is 15. The van der Waals surface area contributed by atoms with E-state index in [2.05, 4.69) is 94.3 Å². The second-order valence-corrected chi connectivity index (χ2v) is 25.6. The maximum Gasteiger partial charge on any atom is 0.255 e. The zero-order valence-corrected chi connectivity index (χ0v) is 61.2. The minimum atomic E-state index is -0.436. The Kier molecular flexibility index (Phi) is 43.2. The average Bonchev–Trinajstić information content (AvgIpc) is 1.78. The Labute approximate surface area is 616 Å². The van der Waals surface area contributed by atoms with Gasteiger partial charge in [-0.1, -0.05) is 115 Å². The van der Waals surface area contributed by atoms with Crippen LogP contribution in [0.15, 0.2) is 90.1 Å². The van der Waals surface area contributed by atoms with Crippen LogP contribution in [0.2, 0.25) is 10.0 Å². The van der Waals surface area contributed by atoms with E-state index in [1.807, 2.05) is 0 Å². The van der Waals surface area contributed by atoms with E-state index >= 15 is 0 Å². The van der Waals surface area contributed by atoms with E-state index < -0.39 is 35.8 Å². The van der Waals surface area contributed by atoms with Crippen LogP contribution in [0.3, 0.4) is 0 Å². The normalized spacial score (nSPS) is 16.1. The molecule has 3 aromatic carbocycles. The molecular formula is C71H89BrCl3N9O16S. The number of amides is 8. The number of benzene rings is 3. The van der Waals surface area contributed by atoms with Crippen LogP contribution in [0.4, 0.5) is 11.4 Å². The van der Waals surface area contributed by atoms with Gasteiger partial charge >= 0.3 is 0 Å². The van der Waals surface area contributed by atoms with Gasteiger partial charge in [0.1, 0.15) is 35.5 Å². The summed E-state index contributed by atoms with van der Waals surface area (Å²) in [6.45, 7) is 6.79. The molecule has 1 saturated heterocycles. The summed E-state index contributed by atoms with van der Waals surface area (Å²) in [5, 5.41) is 24.2. The summed E-state index contributed by atoms with van der Waals surface area (Å²) >= 11 is 24.4. The van der Waals surface area contributed by atoms with Crippen molar-refractivity contribution in [2.75, 3.05) is 48.1 Å². The molecule has 30 heteroatoms. The number of para-hydroxylation sites is 2. The SMILES string of the molecule is C=C1OCC[C@@H]1NC(=O)CC(=O)CCCCCCCCC.O=C(CCNC(=O)CBr)CC(=O)N[C@H]1CCCC1=O.O=C(CCNC(=O)CCl)CC(=O)N[C@H]1CCCC1=O.O=C(CN=C=S)CC(=O)N[C@H]1CCCC1=O.O=C(Nc1ccccc1NC(=O)c1cccc(Cl)c1)c1cccc(Cl)c1. The van der Waals surface area contributed by atoms with Gasteiger partial charge in [-0.25, -0.2) is 4.99 Å². The van der Waals surface area contributed by atoms with E-state index in [1.54, 1.807) is 72.8 Å². The van der Waals surface area contributed by atoms with Crippen molar-refractivity contribution in [3.05, 3.63) is 106 Å². The number of unbranched alkanes of at least 4 members (excludes halogenated alkanes) is 6. The molecule has 548 valence electrons. The highest BCUT2D eigenvalue weighted by atomic mass is 79.9. The number of isothiocyanates is 1. The fourth-order valence-corrected chi connectivity index (χ4v) is 10.9. The molecule has 0 radical (unpaired) electrons.